The number of carbonyl (C=O) groups excluding carboxylic acids is 2. The molecular formula is C21H16N4O2. The predicted molar refractivity (Wildman–Crippen MR) is 102 cm³/mol. The highest BCUT2D eigenvalue weighted by molar-refractivity contribution is 6.06. The average molecular weight is 356 g/mol. The van der Waals surface area contributed by atoms with E-state index in [-0.39, 0.29) is 11.4 Å². The highest BCUT2D eigenvalue weighted by atomic mass is 16.2. The first-order valence-corrected chi connectivity index (χ1v) is 8.22. The third kappa shape index (κ3) is 4.35. The van der Waals surface area contributed by atoms with E-state index in [1.54, 1.807) is 42.5 Å². The molecule has 0 aliphatic carbocycles. The van der Waals surface area contributed by atoms with Crippen molar-refractivity contribution in [1.82, 2.24) is 4.98 Å². The van der Waals surface area contributed by atoms with Crippen molar-refractivity contribution in [3.8, 4) is 6.07 Å². The molecule has 3 rings (SSSR count). The third-order valence-corrected chi connectivity index (χ3v) is 3.86. The number of pyridine rings is 1. The Balaban J connectivity index is 1.76. The zero-order valence-electron chi connectivity index (χ0n) is 14.6. The highest BCUT2D eigenvalue weighted by Gasteiger charge is 2.13. The van der Waals surface area contributed by atoms with E-state index < -0.39 is 11.8 Å². The molecule has 6 nitrogen and oxygen atoms in total. The number of benzene rings is 2. The summed E-state index contributed by atoms with van der Waals surface area (Å²) < 4.78 is 0. The first-order valence-electron chi connectivity index (χ1n) is 8.22. The van der Waals surface area contributed by atoms with Crippen LogP contribution in [0.15, 0.2) is 66.7 Å². The van der Waals surface area contributed by atoms with Gasteiger partial charge in [-0.05, 0) is 48.9 Å². The number of aryl methyl sites for hydroxylation is 1. The predicted octanol–water partition coefficient (Wildman–Crippen LogP) is 3.77. The second kappa shape index (κ2) is 7.93. The number of aromatic nitrogens is 1. The van der Waals surface area contributed by atoms with Gasteiger partial charge in [0.15, 0.2) is 0 Å². The molecule has 27 heavy (non-hydrogen) atoms. The maximum Gasteiger partial charge on any atom is 0.274 e. The Morgan fingerprint density at radius 1 is 0.889 bits per heavy atom. The molecule has 0 bridgehead atoms. The minimum absolute atomic E-state index is 0.106. The van der Waals surface area contributed by atoms with Crippen molar-refractivity contribution < 1.29 is 9.59 Å². The first kappa shape index (κ1) is 17.8. The van der Waals surface area contributed by atoms with Gasteiger partial charge in [-0.15, -0.1) is 0 Å². The summed E-state index contributed by atoms with van der Waals surface area (Å²) in [7, 11) is 0. The van der Waals surface area contributed by atoms with E-state index in [2.05, 4.69) is 15.6 Å². The smallest absolute Gasteiger partial charge is 0.274 e. The van der Waals surface area contributed by atoms with E-state index in [1.807, 2.05) is 31.2 Å². The summed E-state index contributed by atoms with van der Waals surface area (Å²) in [6.07, 6.45) is 0. The Hall–Kier alpha value is -3.98. The fourth-order valence-corrected chi connectivity index (χ4v) is 2.45. The van der Waals surface area contributed by atoms with Crippen LogP contribution >= 0.6 is 0 Å². The van der Waals surface area contributed by atoms with E-state index in [1.165, 1.54) is 6.07 Å². The van der Waals surface area contributed by atoms with Crippen LogP contribution in [0.4, 0.5) is 11.4 Å². The number of anilines is 2. The van der Waals surface area contributed by atoms with Gasteiger partial charge in [0.25, 0.3) is 11.8 Å². The quantitative estimate of drug-likeness (QED) is 0.744. The van der Waals surface area contributed by atoms with Gasteiger partial charge < -0.3 is 10.6 Å². The summed E-state index contributed by atoms with van der Waals surface area (Å²) in [5, 5.41) is 14.4. The number of amides is 2. The molecule has 0 saturated heterocycles. The number of para-hydroxylation sites is 1. The summed E-state index contributed by atoms with van der Waals surface area (Å²) in [5.74, 6) is -0.860. The molecule has 132 valence electrons. The zero-order chi connectivity index (χ0) is 19.2. The van der Waals surface area contributed by atoms with Crippen LogP contribution in [-0.2, 0) is 0 Å². The second-order valence-corrected chi connectivity index (χ2v) is 5.82. The summed E-state index contributed by atoms with van der Waals surface area (Å²) >= 11 is 0. The number of hydrogen-bond donors (Lipinski definition) is 2. The standard InChI is InChI=1S/C21H16N4O2/c1-14-6-2-3-9-17(14)25-21(27)19-11-5-10-18(24-19)20(26)23-16-8-4-7-15(12-16)13-22/h2-12H,1H3,(H,23,26)(H,25,27). The van der Waals surface area contributed by atoms with Gasteiger partial charge in [-0.1, -0.05) is 30.3 Å². The van der Waals surface area contributed by atoms with E-state index in [0.717, 1.165) is 5.56 Å². The molecule has 0 radical (unpaired) electrons. The number of carbonyl (C=O) groups is 2. The first-order chi connectivity index (χ1) is 13.1. The third-order valence-electron chi connectivity index (χ3n) is 3.86. The van der Waals surface area contributed by atoms with E-state index in [9.17, 15) is 9.59 Å². The molecule has 6 heteroatoms. The molecule has 0 aliphatic heterocycles. The van der Waals surface area contributed by atoms with Gasteiger partial charge in [-0.3, -0.25) is 9.59 Å². The Labute approximate surface area is 156 Å². The molecule has 0 spiro atoms. The summed E-state index contributed by atoms with van der Waals surface area (Å²) in [4.78, 5) is 29.0. The van der Waals surface area contributed by atoms with Crippen molar-refractivity contribution in [3.63, 3.8) is 0 Å². The molecule has 0 saturated carbocycles. The summed E-state index contributed by atoms with van der Waals surface area (Å²) in [6, 6.07) is 20.6. The molecule has 3 aromatic rings. The largest absolute Gasteiger partial charge is 0.321 e. The molecular weight excluding hydrogens is 340 g/mol. The van der Waals surface area contributed by atoms with E-state index in [0.29, 0.717) is 16.9 Å². The van der Waals surface area contributed by atoms with E-state index >= 15 is 0 Å². The topological polar surface area (TPSA) is 94.9 Å². The van der Waals surface area contributed by atoms with Crippen LogP contribution in [0.1, 0.15) is 32.1 Å². The monoisotopic (exact) mass is 356 g/mol. The van der Waals surface area contributed by atoms with Crippen molar-refractivity contribution in [3.05, 3.63) is 89.2 Å². The van der Waals surface area contributed by atoms with Crippen molar-refractivity contribution >= 4 is 23.2 Å². The molecule has 0 atom stereocenters. The molecule has 2 N–H and O–H groups in total. The molecule has 1 aromatic heterocycles. The van der Waals surface area contributed by atoms with Crippen LogP contribution in [0.5, 0.6) is 0 Å². The second-order valence-electron chi connectivity index (χ2n) is 5.82. The Morgan fingerprint density at radius 2 is 1.56 bits per heavy atom. The van der Waals surface area contributed by atoms with Crippen LogP contribution in [0.2, 0.25) is 0 Å². The summed E-state index contributed by atoms with van der Waals surface area (Å²) in [5.41, 5.74) is 2.78. The number of nitriles is 1. The SMILES string of the molecule is Cc1ccccc1NC(=O)c1cccc(C(=O)Nc2cccc(C#N)c2)n1. The fraction of sp³-hybridized carbons (Fsp3) is 0.0476. The lowest BCUT2D eigenvalue weighted by molar-refractivity contribution is 0.101. The molecule has 0 unspecified atom stereocenters. The lowest BCUT2D eigenvalue weighted by Gasteiger charge is -2.09. The zero-order valence-corrected chi connectivity index (χ0v) is 14.6. The molecule has 1 heterocycles. The van der Waals surface area contributed by atoms with Crippen molar-refractivity contribution in [1.29, 1.82) is 5.26 Å². The van der Waals surface area contributed by atoms with Gasteiger partial charge in [0.2, 0.25) is 0 Å². The van der Waals surface area contributed by atoms with Crippen molar-refractivity contribution in [2.45, 2.75) is 6.92 Å². The lowest BCUT2D eigenvalue weighted by atomic mass is 10.2. The van der Waals surface area contributed by atoms with Gasteiger partial charge >= 0.3 is 0 Å². The summed E-state index contributed by atoms with van der Waals surface area (Å²) in [6.45, 7) is 1.89. The number of nitrogens with one attached hydrogen (secondary N) is 2. The minimum atomic E-state index is -0.462. The van der Waals surface area contributed by atoms with Crippen molar-refractivity contribution in [2.24, 2.45) is 0 Å². The van der Waals surface area contributed by atoms with Gasteiger partial charge in [-0.25, -0.2) is 4.98 Å². The highest BCUT2D eigenvalue weighted by Crippen LogP contribution is 2.15. The molecule has 0 aliphatic rings. The fourth-order valence-electron chi connectivity index (χ4n) is 2.45. The molecule has 2 amide bonds. The maximum atomic E-state index is 12.4. The van der Waals surface area contributed by atoms with Crippen molar-refractivity contribution in [2.75, 3.05) is 10.6 Å². The minimum Gasteiger partial charge on any atom is -0.321 e. The average Bonchev–Trinajstić information content (AvgIpc) is 2.70. The number of hydrogen-bond acceptors (Lipinski definition) is 4. The van der Waals surface area contributed by atoms with Gasteiger partial charge in [0.1, 0.15) is 11.4 Å². The van der Waals surface area contributed by atoms with E-state index in [4.69, 9.17) is 5.26 Å². The number of nitrogens with zero attached hydrogens (tertiary/aromatic N) is 2. The molecule has 2 aromatic carbocycles. The van der Waals surface area contributed by atoms with Crippen LogP contribution in [0, 0.1) is 18.3 Å². The Kier molecular flexibility index (Phi) is 5.24. The number of rotatable bonds is 4. The Morgan fingerprint density at radius 3 is 2.26 bits per heavy atom. The van der Waals surface area contributed by atoms with Crippen LogP contribution in [0.25, 0.3) is 0 Å². The molecule has 0 fully saturated rings. The van der Waals surface area contributed by atoms with Crippen LogP contribution in [-0.4, -0.2) is 16.8 Å². The maximum absolute atomic E-state index is 12.4. The van der Waals surface area contributed by atoms with Crippen LogP contribution in [0.3, 0.4) is 0 Å². The Bertz CT molecular complexity index is 1050. The van der Waals surface area contributed by atoms with Gasteiger partial charge in [0.05, 0.1) is 11.6 Å². The van der Waals surface area contributed by atoms with Gasteiger partial charge in [0, 0.05) is 11.4 Å². The van der Waals surface area contributed by atoms with Crippen LogP contribution < -0.4 is 10.6 Å². The lowest BCUT2D eigenvalue weighted by Crippen LogP contribution is -2.18. The van der Waals surface area contributed by atoms with Gasteiger partial charge in [-0.2, -0.15) is 5.26 Å². The normalized spacial score (nSPS) is 9.93.